The van der Waals surface area contributed by atoms with E-state index in [0.29, 0.717) is 17.8 Å². The fourth-order valence-electron chi connectivity index (χ4n) is 3.27. The molecule has 1 aromatic heterocycles. The Hall–Kier alpha value is -2.82. The van der Waals surface area contributed by atoms with Crippen LogP contribution in [0.5, 0.6) is 5.75 Å². The second kappa shape index (κ2) is 8.25. The number of carbonyl (C=O) groups is 1. The van der Waals surface area contributed by atoms with Gasteiger partial charge >= 0.3 is 6.61 Å². The van der Waals surface area contributed by atoms with E-state index in [1.807, 2.05) is 0 Å². The Bertz CT molecular complexity index is 874. The average Bonchev–Trinajstić information content (AvgIpc) is 2.66. The van der Waals surface area contributed by atoms with Crippen LogP contribution in [0.25, 0.3) is 10.9 Å². The maximum atomic E-state index is 13.9. The van der Waals surface area contributed by atoms with Gasteiger partial charge in [0.2, 0.25) is 0 Å². The molecule has 1 N–H and O–H groups in total. The lowest BCUT2D eigenvalue weighted by Gasteiger charge is -2.24. The molecule has 3 rings (SSSR count). The lowest BCUT2D eigenvalue weighted by molar-refractivity contribution is -0.0520. The van der Waals surface area contributed by atoms with E-state index >= 15 is 0 Å². The van der Waals surface area contributed by atoms with Crippen LogP contribution in [0.2, 0.25) is 0 Å². The van der Waals surface area contributed by atoms with Crippen molar-refractivity contribution in [2.45, 2.75) is 32.3 Å². The number of ether oxygens (including phenoxy) is 1. The zero-order valence-corrected chi connectivity index (χ0v) is 14.4. The number of hydrogen-bond acceptors (Lipinski definition) is 4. The molecular weight excluding hydrogens is 359 g/mol. The first kappa shape index (κ1) is 19.0. The molecule has 2 aromatic rings. The highest BCUT2D eigenvalue weighted by atomic mass is 19.3. The number of nitriles is 1. The first-order chi connectivity index (χ1) is 13.0. The zero-order valence-electron chi connectivity index (χ0n) is 14.4. The third-order valence-electron chi connectivity index (χ3n) is 4.79. The molecule has 0 aliphatic heterocycles. The SMILES string of the molecule is N#CC1CCC(CNC(=O)c2cnc3cc(OC(F)F)c(F)cc3c2)CC1. The Labute approximate surface area is 154 Å². The molecule has 1 amide bonds. The standard InChI is InChI=1S/C19H18F3N3O2/c20-15-6-13-5-14(10-24-16(13)7-17(15)27-19(21)22)18(26)25-9-12-3-1-11(8-23)2-4-12/h5-7,10-12,19H,1-4,9H2,(H,25,26). The second-order valence-corrected chi connectivity index (χ2v) is 6.63. The fourth-order valence-corrected chi connectivity index (χ4v) is 3.27. The van der Waals surface area contributed by atoms with Gasteiger partial charge in [-0.3, -0.25) is 9.78 Å². The van der Waals surface area contributed by atoms with Crippen LogP contribution in [-0.4, -0.2) is 24.0 Å². The van der Waals surface area contributed by atoms with Crippen molar-refractivity contribution in [2.75, 3.05) is 6.54 Å². The quantitative estimate of drug-likeness (QED) is 0.854. The normalized spacial score (nSPS) is 19.7. The van der Waals surface area contributed by atoms with Crippen LogP contribution in [0.1, 0.15) is 36.0 Å². The Balaban J connectivity index is 1.66. The van der Waals surface area contributed by atoms with Gasteiger partial charge in [0.1, 0.15) is 0 Å². The van der Waals surface area contributed by atoms with Gasteiger partial charge in [-0.2, -0.15) is 14.0 Å². The van der Waals surface area contributed by atoms with Gasteiger partial charge in [0.15, 0.2) is 11.6 Å². The Morgan fingerprint density at radius 3 is 2.70 bits per heavy atom. The molecule has 1 fully saturated rings. The minimum absolute atomic E-state index is 0.107. The van der Waals surface area contributed by atoms with Crippen molar-refractivity contribution in [3.05, 3.63) is 35.8 Å². The average molecular weight is 377 g/mol. The summed E-state index contributed by atoms with van der Waals surface area (Å²) in [6.07, 6.45) is 4.79. The second-order valence-electron chi connectivity index (χ2n) is 6.63. The van der Waals surface area contributed by atoms with Crippen molar-refractivity contribution in [1.82, 2.24) is 10.3 Å². The molecule has 0 spiro atoms. The lowest BCUT2D eigenvalue weighted by Crippen LogP contribution is -2.31. The molecule has 0 bridgehead atoms. The fraction of sp³-hybridized carbons (Fsp3) is 0.421. The number of aromatic nitrogens is 1. The van der Waals surface area contributed by atoms with Crippen LogP contribution in [-0.2, 0) is 0 Å². The van der Waals surface area contributed by atoms with Crippen LogP contribution in [0.3, 0.4) is 0 Å². The van der Waals surface area contributed by atoms with Crippen molar-refractivity contribution in [3.63, 3.8) is 0 Å². The number of alkyl halides is 2. The number of fused-ring (bicyclic) bond motifs is 1. The smallest absolute Gasteiger partial charge is 0.387 e. The minimum atomic E-state index is -3.13. The number of pyridine rings is 1. The third-order valence-corrected chi connectivity index (χ3v) is 4.79. The molecule has 0 saturated heterocycles. The number of benzene rings is 1. The van der Waals surface area contributed by atoms with Gasteiger partial charge in [-0.05, 0) is 43.7 Å². The van der Waals surface area contributed by atoms with E-state index < -0.39 is 18.2 Å². The third kappa shape index (κ3) is 4.67. The molecule has 0 unspecified atom stereocenters. The van der Waals surface area contributed by atoms with Gasteiger partial charge in [0, 0.05) is 30.1 Å². The number of nitrogens with one attached hydrogen (secondary N) is 1. The first-order valence-electron chi connectivity index (χ1n) is 8.68. The first-order valence-corrected chi connectivity index (χ1v) is 8.68. The van der Waals surface area contributed by atoms with Gasteiger partial charge in [-0.25, -0.2) is 4.39 Å². The predicted molar refractivity (Wildman–Crippen MR) is 91.7 cm³/mol. The van der Waals surface area contributed by atoms with E-state index in [1.54, 1.807) is 0 Å². The zero-order chi connectivity index (χ0) is 19.4. The molecular formula is C19H18F3N3O2. The van der Waals surface area contributed by atoms with E-state index in [-0.39, 0.29) is 22.9 Å². The summed E-state index contributed by atoms with van der Waals surface area (Å²) in [5, 5.41) is 12.1. The molecule has 1 heterocycles. The predicted octanol–water partition coefficient (Wildman–Crippen LogP) is 4.04. The Kier molecular flexibility index (Phi) is 5.79. The number of nitrogens with zero attached hydrogens (tertiary/aromatic N) is 2. The highest BCUT2D eigenvalue weighted by Gasteiger charge is 2.21. The summed E-state index contributed by atoms with van der Waals surface area (Å²) in [5.74, 6) is -1.43. The molecule has 1 aliphatic carbocycles. The van der Waals surface area contributed by atoms with Crippen molar-refractivity contribution >= 4 is 16.8 Å². The minimum Gasteiger partial charge on any atom is -0.432 e. The van der Waals surface area contributed by atoms with Gasteiger partial charge < -0.3 is 10.1 Å². The van der Waals surface area contributed by atoms with E-state index in [2.05, 4.69) is 21.1 Å². The maximum absolute atomic E-state index is 13.9. The number of rotatable bonds is 5. The number of amides is 1. The van der Waals surface area contributed by atoms with E-state index in [4.69, 9.17) is 5.26 Å². The Morgan fingerprint density at radius 2 is 2.04 bits per heavy atom. The molecule has 27 heavy (non-hydrogen) atoms. The molecule has 8 heteroatoms. The van der Waals surface area contributed by atoms with Crippen molar-refractivity contribution in [2.24, 2.45) is 11.8 Å². The molecule has 142 valence electrons. The Morgan fingerprint density at radius 1 is 1.30 bits per heavy atom. The summed E-state index contributed by atoms with van der Waals surface area (Å²) in [6, 6.07) is 5.82. The number of hydrogen-bond donors (Lipinski definition) is 1. The topological polar surface area (TPSA) is 75.0 Å². The summed E-state index contributed by atoms with van der Waals surface area (Å²) in [5.41, 5.74) is 0.508. The summed E-state index contributed by atoms with van der Waals surface area (Å²) in [4.78, 5) is 16.4. The highest BCUT2D eigenvalue weighted by Crippen LogP contribution is 2.28. The lowest BCUT2D eigenvalue weighted by atomic mass is 9.83. The molecule has 1 aliphatic rings. The monoisotopic (exact) mass is 377 g/mol. The molecule has 0 radical (unpaired) electrons. The summed E-state index contributed by atoms with van der Waals surface area (Å²) in [7, 11) is 0. The van der Waals surface area contributed by atoms with Gasteiger partial charge in [-0.15, -0.1) is 0 Å². The number of carbonyl (C=O) groups excluding carboxylic acids is 1. The summed E-state index contributed by atoms with van der Waals surface area (Å²) >= 11 is 0. The summed E-state index contributed by atoms with van der Waals surface area (Å²) in [6.45, 7) is -2.63. The van der Waals surface area contributed by atoms with E-state index in [9.17, 15) is 18.0 Å². The van der Waals surface area contributed by atoms with Crippen LogP contribution >= 0.6 is 0 Å². The van der Waals surface area contributed by atoms with Gasteiger partial charge in [0.25, 0.3) is 5.91 Å². The molecule has 1 saturated carbocycles. The highest BCUT2D eigenvalue weighted by molar-refractivity contribution is 5.97. The number of halogens is 3. The van der Waals surface area contributed by atoms with Crippen LogP contribution < -0.4 is 10.1 Å². The largest absolute Gasteiger partial charge is 0.432 e. The van der Waals surface area contributed by atoms with E-state index in [1.165, 1.54) is 12.3 Å². The molecule has 1 aromatic carbocycles. The summed E-state index contributed by atoms with van der Waals surface area (Å²) < 4.78 is 42.5. The van der Waals surface area contributed by atoms with Crippen molar-refractivity contribution < 1.29 is 22.7 Å². The molecule has 0 atom stereocenters. The van der Waals surface area contributed by atoms with Crippen molar-refractivity contribution in [1.29, 1.82) is 5.26 Å². The van der Waals surface area contributed by atoms with Gasteiger partial charge in [0.05, 0.1) is 17.1 Å². The van der Waals surface area contributed by atoms with Crippen LogP contribution in [0, 0.1) is 29.0 Å². The van der Waals surface area contributed by atoms with Crippen LogP contribution in [0.15, 0.2) is 24.4 Å². The van der Waals surface area contributed by atoms with E-state index in [0.717, 1.165) is 37.8 Å². The maximum Gasteiger partial charge on any atom is 0.387 e. The molecule has 5 nitrogen and oxygen atoms in total. The van der Waals surface area contributed by atoms with Crippen molar-refractivity contribution in [3.8, 4) is 11.8 Å². The van der Waals surface area contributed by atoms with Gasteiger partial charge in [-0.1, -0.05) is 0 Å². The van der Waals surface area contributed by atoms with Crippen LogP contribution in [0.4, 0.5) is 13.2 Å².